The van der Waals surface area contributed by atoms with Gasteiger partial charge in [0, 0.05) is 28.3 Å². The van der Waals surface area contributed by atoms with Crippen molar-refractivity contribution in [3.05, 3.63) is 162 Å². The molecule has 12 heteroatoms. The van der Waals surface area contributed by atoms with Gasteiger partial charge in [0.25, 0.3) is 0 Å². The number of carbonyl (C=O) groups excluding carboxylic acids is 2. The van der Waals surface area contributed by atoms with Crippen LogP contribution in [-0.4, -0.2) is 21.8 Å². The Bertz CT molecular complexity index is 2720. The highest BCUT2D eigenvalue weighted by Crippen LogP contribution is 2.33. The van der Waals surface area contributed by atoms with Crippen LogP contribution in [0.25, 0.3) is 45.2 Å². The molecule has 0 fully saturated rings. The third-order valence-electron chi connectivity index (χ3n) is 10.3. The van der Waals surface area contributed by atoms with Gasteiger partial charge in [0.1, 0.15) is 5.82 Å². The summed E-state index contributed by atoms with van der Waals surface area (Å²) in [5.74, 6) is -1.97. The third-order valence-corrected chi connectivity index (χ3v) is 10.7. The maximum Gasteiger partial charge on any atom is 0.416 e. The Morgan fingerprint density at radius 1 is 0.517 bits per heavy atom. The normalized spacial score (nSPS) is 14.1. The van der Waals surface area contributed by atoms with Crippen molar-refractivity contribution in [2.75, 3.05) is 0 Å². The minimum Gasteiger partial charge on any atom is -0.504 e. The molecule has 0 aliphatic heterocycles. The number of fused-ring (bicyclic) bond motifs is 4. The Kier molecular flexibility index (Phi) is 11.0. The van der Waals surface area contributed by atoms with Crippen LogP contribution in [0.4, 0.5) is 30.7 Å². The zero-order valence-corrected chi connectivity index (χ0v) is 31.1. The topological polar surface area (TPSA) is 74.6 Å². The first-order valence-corrected chi connectivity index (χ1v) is 18.5. The molecule has 2 N–H and O–H groups in total. The molecule has 6 aromatic rings. The van der Waals surface area contributed by atoms with Crippen LogP contribution in [0.15, 0.2) is 97.1 Å². The molecule has 0 saturated heterocycles. The largest absolute Gasteiger partial charge is 0.504 e. The highest BCUT2D eigenvalue weighted by molar-refractivity contribution is 6.31. The summed E-state index contributed by atoms with van der Waals surface area (Å²) in [6, 6.07) is 24.9. The Balaban J connectivity index is 0.000000177. The first-order valence-electron chi connectivity index (χ1n) is 18.1. The van der Waals surface area contributed by atoms with E-state index in [1.807, 2.05) is 48.5 Å². The highest BCUT2D eigenvalue weighted by Gasteiger charge is 2.32. The van der Waals surface area contributed by atoms with Gasteiger partial charge in [0.05, 0.1) is 11.1 Å². The third kappa shape index (κ3) is 8.64. The first kappa shape index (κ1) is 40.3. The summed E-state index contributed by atoms with van der Waals surface area (Å²) in [4.78, 5) is 23.4. The second kappa shape index (κ2) is 15.8. The van der Waals surface area contributed by atoms with E-state index in [1.165, 1.54) is 12.1 Å². The Hall–Kier alpha value is -5.94. The molecular weight excluding hydrogens is 785 g/mol. The van der Waals surface area contributed by atoms with E-state index in [1.54, 1.807) is 24.3 Å². The van der Waals surface area contributed by atoms with Gasteiger partial charge in [-0.2, -0.15) is 26.3 Å². The number of alkyl halides is 6. The van der Waals surface area contributed by atoms with Crippen molar-refractivity contribution in [3.8, 4) is 0 Å². The number of carbonyl (C=O) groups is 2. The minimum absolute atomic E-state index is 0.100. The predicted molar refractivity (Wildman–Crippen MR) is 209 cm³/mol. The molecule has 8 rings (SSSR count). The van der Waals surface area contributed by atoms with Crippen LogP contribution in [0.5, 0.6) is 0 Å². The zero-order chi connectivity index (χ0) is 41.5. The van der Waals surface area contributed by atoms with E-state index in [0.29, 0.717) is 41.3 Å². The SMILES string of the molecule is O=C1CC=c2cc3ccc(CCc4ccc(C(F)(F)F)cc4Cl)cc3cc2=C1O.O=C1CC=c2cc3ccc(CCc4ccc(C(F)(F)F)cc4F)cc3cc2=C1O. The van der Waals surface area contributed by atoms with E-state index >= 15 is 0 Å². The van der Waals surface area contributed by atoms with Crippen LogP contribution >= 0.6 is 11.6 Å². The van der Waals surface area contributed by atoms with Gasteiger partial charge < -0.3 is 10.2 Å². The fourth-order valence-corrected chi connectivity index (χ4v) is 7.37. The van der Waals surface area contributed by atoms with Crippen molar-refractivity contribution in [3.63, 3.8) is 0 Å². The molecule has 0 saturated carbocycles. The molecular formula is C46H32ClF7O4. The molecule has 0 spiro atoms. The maximum atomic E-state index is 14.0. The number of ketones is 2. The lowest BCUT2D eigenvalue weighted by Crippen LogP contribution is -2.32. The number of aryl methyl sites for hydroxylation is 4. The van der Waals surface area contributed by atoms with E-state index in [9.17, 15) is 50.5 Å². The van der Waals surface area contributed by atoms with Gasteiger partial charge in [0.2, 0.25) is 11.6 Å². The van der Waals surface area contributed by atoms with Crippen LogP contribution in [0.1, 0.15) is 46.2 Å². The molecule has 4 nitrogen and oxygen atoms in total. The van der Waals surface area contributed by atoms with E-state index in [-0.39, 0.29) is 52.9 Å². The van der Waals surface area contributed by atoms with Crippen molar-refractivity contribution in [2.24, 2.45) is 0 Å². The van der Waals surface area contributed by atoms with Gasteiger partial charge in [-0.3, -0.25) is 9.59 Å². The summed E-state index contributed by atoms with van der Waals surface area (Å²) in [6.45, 7) is 0. The number of hydrogen-bond donors (Lipinski definition) is 2. The van der Waals surface area contributed by atoms with Gasteiger partial charge in [-0.25, -0.2) is 4.39 Å². The molecule has 0 unspecified atom stereocenters. The monoisotopic (exact) mass is 816 g/mol. The average Bonchev–Trinajstić information content (AvgIpc) is 3.18. The molecule has 0 aromatic heterocycles. The summed E-state index contributed by atoms with van der Waals surface area (Å²) >= 11 is 6.04. The molecule has 0 bridgehead atoms. The lowest BCUT2D eigenvalue weighted by Gasteiger charge is -2.11. The van der Waals surface area contributed by atoms with Crippen LogP contribution in [-0.2, 0) is 47.6 Å². The standard InChI is InChI=1S/C23H16ClF3O2.C23H16F4O2/c2*24-20-12-18(23(25,26)27)7-5-14(20)3-1-13-2-4-15-10-16-6-8-21(28)22(29)19(16)11-17(15)9-13/h2*2,4-7,9-12,29H,1,3,8H2. The quantitative estimate of drug-likeness (QED) is 0.165. The van der Waals surface area contributed by atoms with Gasteiger partial charge in [-0.05, 0) is 128 Å². The number of rotatable bonds is 6. The number of Topliss-reactive ketones (excluding diaryl/α,β-unsaturated/α-hetero) is 2. The number of hydrogen-bond acceptors (Lipinski definition) is 4. The molecule has 2 aliphatic carbocycles. The predicted octanol–water partition coefficient (Wildman–Crippen LogP) is 8.92. The molecule has 296 valence electrons. The molecule has 6 aromatic carbocycles. The Labute approximate surface area is 331 Å². The molecule has 0 amide bonds. The maximum absolute atomic E-state index is 14.0. The van der Waals surface area contributed by atoms with E-state index in [2.05, 4.69) is 0 Å². The molecule has 2 aliphatic rings. The van der Waals surface area contributed by atoms with Crippen LogP contribution < -0.4 is 20.9 Å². The average molecular weight is 817 g/mol. The molecule has 0 radical (unpaired) electrons. The fraction of sp³-hybridized carbons (Fsp3) is 0.174. The van der Waals surface area contributed by atoms with Crippen molar-refractivity contribution in [1.29, 1.82) is 0 Å². The molecule has 0 heterocycles. The number of aliphatic hydroxyl groups excluding tert-OH is 2. The van der Waals surface area contributed by atoms with Crippen molar-refractivity contribution < 1.29 is 50.5 Å². The summed E-state index contributed by atoms with van der Waals surface area (Å²) in [7, 11) is 0. The Morgan fingerprint density at radius 2 is 0.966 bits per heavy atom. The van der Waals surface area contributed by atoms with Gasteiger partial charge in [0.15, 0.2) is 11.5 Å². The van der Waals surface area contributed by atoms with Crippen molar-refractivity contribution in [2.45, 2.75) is 50.9 Å². The smallest absolute Gasteiger partial charge is 0.416 e. The lowest BCUT2D eigenvalue weighted by molar-refractivity contribution is -0.138. The van der Waals surface area contributed by atoms with Crippen LogP contribution in [0, 0.1) is 5.82 Å². The Morgan fingerprint density at radius 3 is 1.41 bits per heavy atom. The van der Waals surface area contributed by atoms with Crippen molar-refractivity contribution >= 4 is 68.4 Å². The number of halogens is 8. The van der Waals surface area contributed by atoms with Crippen LogP contribution in [0.3, 0.4) is 0 Å². The zero-order valence-electron chi connectivity index (χ0n) is 30.4. The summed E-state index contributed by atoms with van der Waals surface area (Å²) in [5, 5.41) is 26.5. The number of benzene rings is 6. The van der Waals surface area contributed by atoms with Gasteiger partial charge in [-0.15, -0.1) is 0 Å². The van der Waals surface area contributed by atoms with Crippen molar-refractivity contribution in [1.82, 2.24) is 0 Å². The lowest BCUT2D eigenvalue weighted by atomic mass is 9.97. The van der Waals surface area contributed by atoms with Gasteiger partial charge >= 0.3 is 12.4 Å². The molecule has 0 atom stereocenters. The van der Waals surface area contributed by atoms with E-state index in [4.69, 9.17) is 11.6 Å². The highest BCUT2D eigenvalue weighted by atomic mass is 35.5. The summed E-state index contributed by atoms with van der Waals surface area (Å²) in [6.07, 6.45) is -3.26. The van der Waals surface area contributed by atoms with Crippen LogP contribution in [0.2, 0.25) is 5.02 Å². The summed E-state index contributed by atoms with van der Waals surface area (Å²) in [5.41, 5.74) is 0.966. The molecule has 58 heavy (non-hydrogen) atoms. The van der Waals surface area contributed by atoms with E-state index < -0.39 is 29.3 Å². The minimum atomic E-state index is -4.57. The van der Waals surface area contributed by atoms with Gasteiger partial charge in [-0.1, -0.05) is 72.3 Å². The number of aliphatic hydroxyl groups is 2. The first-order chi connectivity index (χ1) is 27.4. The summed E-state index contributed by atoms with van der Waals surface area (Å²) < 4.78 is 90.3. The van der Waals surface area contributed by atoms with E-state index in [0.717, 1.165) is 61.3 Å². The second-order valence-corrected chi connectivity index (χ2v) is 14.6. The second-order valence-electron chi connectivity index (χ2n) is 14.2. The fourth-order valence-electron chi connectivity index (χ4n) is 7.10.